The van der Waals surface area contributed by atoms with Crippen LogP contribution in [0.2, 0.25) is 0 Å². The summed E-state index contributed by atoms with van der Waals surface area (Å²) in [6.45, 7) is 1.89. The molecule has 2 aromatic carbocycles. The van der Waals surface area contributed by atoms with Crippen molar-refractivity contribution in [3.8, 4) is 0 Å². The van der Waals surface area contributed by atoms with Crippen molar-refractivity contribution in [1.82, 2.24) is 4.90 Å². The van der Waals surface area contributed by atoms with Crippen LogP contribution in [-0.2, 0) is 0 Å². The van der Waals surface area contributed by atoms with Gasteiger partial charge in [-0.1, -0.05) is 24.3 Å². The summed E-state index contributed by atoms with van der Waals surface area (Å²) < 4.78 is 0. The van der Waals surface area contributed by atoms with Crippen molar-refractivity contribution in [2.24, 2.45) is 0 Å². The van der Waals surface area contributed by atoms with Gasteiger partial charge in [0.15, 0.2) is 0 Å². The molecule has 1 N–H and O–H groups in total. The van der Waals surface area contributed by atoms with Crippen LogP contribution >= 0.6 is 0 Å². The fourth-order valence-corrected chi connectivity index (χ4v) is 2.01. The SMILES string of the molecule is Cc1ccccc1C(=O)Nc1cccc(C(=O)N(C)C)c1. The first-order valence-corrected chi connectivity index (χ1v) is 6.67. The average Bonchev–Trinajstić information content (AvgIpc) is 2.47. The molecule has 2 rings (SSSR count). The molecule has 108 valence electrons. The van der Waals surface area contributed by atoms with E-state index in [1.165, 1.54) is 4.90 Å². The Hall–Kier alpha value is -2.62. The van der Waals surface area contributed by atoms with Crippen LogP contribution < -0.4 is 5.32 Å². The van der Waals surface area contributed by atoms with Gasteiger partial charge in [0, 0.05) is 30.9 Å². The zero-order valence-electron chi connectivity index (χ0n) is 12.4. The van der Waals surface area contributed by atoms with Gasteiger partial charge in [-0.2, -0.15) is 0 Å². The topological polar surface area (TPSA) is 49.4 Å². The van der Waals surface area contributed by atoms with Crippen LogP contribution in [-0.4, -0.2) is 30.8 Å². The predicted molar refractivity (Wildman–Crippen MR) is 83.6 cm³/mol. The monoisotopic (exact) mass is 282 g/mol. The van der Waals surface area contributed by atoms with Gasteiger partial charge < -0.3 is 10.2 Å². The lowest BCUT2D eigenvalue weighted by atomic mass is 10.1. The molecule has 0 fully saturated rings. The van der Waals surface area contributed by atoms with Crippen molar-refractivity contribution in [2.45, 2.75) is 6.92 Å². The van der Waals surface area contributed by atoms with Crippen molar-refractivity contribution < 1.29 is 9.59 Å². The molecule has 2 amide bonds. The molecule has 0 aliphatic rings. The van der Waals surface area contributed by atoms with Gasteiger partial charge in [0.05, 0.1) is 0 Å². The summed E-state index contributed by atoms with van der Waals surface area (Å²) in [5.74, 6) is -0.274. The van der Waals surface area contributed by atoms with Crippen LogP contribution in [0, 0.1) is 6.92 Å². The third kappa shape index (κ3) is 3.48. The minimum absolute atomic E-state index is 0.0954. The van der Waals surface area contributed by atoms with Gasteiger partial charge in [-0.05, 0) is 36.8 Å². The molecular formula is C17H18N2O2. The lowest BCUT2D eigenvalue weighted by molar-refractivity contribution is 0.0827. The number of nitrogens with one attached hydrogen (secondary N) is 1. The maximum Gasteiger partial charge on any atom is 0.255 e. The number of rotatable bonds is 3. The molecule has 2 aromatic rings. The van der Waals surface area contributed by atoms with Crippen molar-refractivity contribution in [1.29, 1.82) is 0 Å². The largest absolute Gasteiger partial charge is 0.345 e. The molecule has 0 spiro atoms. The second-order valence-corrected chi connectivity index (χ2v) is 5.05. The highest BCUT2D eigenvalue weighted by Crippen LogP contribution is 2.15. The zero-order chi connectivity index (χ0) is 15.4. The lowest BCUT2D eigenvalue weighted by Crippen LogP contribution is -2.22. The minimum Gasteiger partial charge on any atom is -0.345 e. The standard InChI is InChI=1S/C17H18N2O2/c1-12-7-4-5-10-15(12)16(20)18-14-9-6-8-13(11-14)17(21)19(2)3/h4-11H,1-3H3,(H,18,20). The van der Waals surface area contributed by atoms with E-state index in [0.717, 1.165) is 5.56 Å². The van der Waals surface area contributed by atoms with Gasteiger partial charge in [0.25, 0.3) is 11.8 Å². The fourth-order valence-electron chi connectivity index (χ4n) is 2.01. The van der Waals surface area contributed by atoms with Gasteiger partial charge in [-0.3, -0.25) is 9.59 Å². The molecular weight excluding hydrogens is 264 g/mol. The second-order valence-electron chi connectivity index (χ2n) is 5.05. The van der Waals surface area contributed by atoms with E-state index in [-0.39, 0.29) is 11.8 Å². The number of hydrogen-bond donors (Lipinski definition) is 1. The molecule has 0 aliphatic heterocycles. The van der Waals surface area contributed by atoms with Crippen LogP contribution in [0.4, 0.5) is 5.69 Å². The number of carbonyl (C=O) groups excluding carboxylic acids is 2. The maximum atomic E-state index is 12.2. The van der Waals surface area contributed by atoms with Crippen LogP contribution in [0.25, 0.3) is 0 Å². The minimum atomic E-state index is -0.178. The molecule has 0 aliphatic carbocycles. The highest BCUT2D eigenvalue weighted by Gasteiger charge is 2.11. The number of nitrogens with zero attached hydrogens (tertiary/aromatic N) is 1. The van der Waals surface area contributed by atoms with Crippen molar-refractivity contribution in [2.75, 3.05) is 19.4 Å². The van der Waals surface area contributed by atoms with E-state index >= 15 is 0 Å². The van der Waals surface area contributed by atoms with Crippen LogP contribution in [0.15, 0.2) is 48.5 Å². The number of amides is 2. The first kappa shape index (κ1) is 14.8. The smallest absolute Gasteiger partial charge is 0.255 e. The summed E-state index contributed by atoms with van der Waals surface area (Å²) in [5, 5.41) is 2.82. The van der Waals surface area contributed by atoms with Crippen molar-refractivity contribution in [3.05, 3.63) is 65.2 Å². The summed E-state index contributed by atoms with van der Waals surface area (Å²) in [6.07, 6.45) is 0. The Morgan fingerprint density at radius 2 is 1.71 bits per heavy atom. The number of hydrogen-bond acceptors (Lipinski definition) is 2. The summed E-state index contributed by atoms with van der Waals surface area (Å²) in [4.78, 5) is 25.7. The molecule has 0 heterocycles. The molecule has 0 radical (unpaired) electrons. The van der Waals surface area contributed by atoms with Gasteiger partial charge in [0.1, 0.15) is 0 Å². The predicted octanol–water partition coefficient (Wildman–Crippen LogP) is 2.95. The molecule has 0 saturated heterocycles. The summed E-state index contributed by atoms with van der Waals surface area (Å²) in [5.41, 5.74) is 2.69. The Balaban J connectivity index is 2.21. The second kappa shape index (κ2) is 6.22. The van der Waals surface area contributed by atoms with Crippen molar-refractivity contribution >= 4 is 17.5 Å². The average molecular weight is 282 g/mol. The van der Waals surface area contributed by atoms with E-state index in [1.54, 1.807) is 44.4 Å². The highest BCUT2D eigenvalue weighted by molar-refractivity contribution is 6.06. The van der Waals surface area contributed by atoms with Crippen LogP contribution in [0.5, 0.6) is 0 Å². The third-order valence-electron chi connectivity index (χ3n) is 3.16. The number of aryl methyl sites for hydroxylation is 1. The fraction of sp³-hybridized carbons (Fsp3) is 0.176. The first-order valence-electron chi connectivity index (χ1n) is 6.67. The Bertz CT molecular complexity index is 678. The molecule has 0 bridgehead atoms. The zero-order valence-corrected chi connectivity index (χ0v) is 12.4. The lowest BCUT2D eigenvalue weighted by Gasteiger charge is -2.12. The van der Waals surface area contributed by atoms with E-state index in [4.69, 9.17) is 0 Å². The van der Waals surface area contributed by atoms with E-state index in [9.17, 15) is 9.59 Å². The number of carbonyl (C=O) groups is 2. The molecule has 0 unspecified atom stereocenters. The number of anilines is 1. The van der Waals surface area contributed by atoms with Gasteiger partial charge in [-0.25, -0.2) is 0 Å². The third-order valence-corrected chi connectivity index (χ3v) is 3.16. The van der Waals surface area contributed by atoms with Crippen LogP contribution in [0.3, 0.4) is 0 Å². The molecule has 0 atom stereocenters. The van der Waals surface area contributed by atoms with Crippen LogP contribution in [0.1, 0.15) is 26.3 Å². The first-order chi connectivity index (χ1) is 9.99. The molecule has 0 saturated carbocycles. The Morgan fingerprint density at radius 3 is 2.38 bits per heavy atom. The Morgan fingerprint density at radius 1 is 1.00 bits per heavy atom. The van der Waals surface area contributed by atoms with E-state index < -0.39 is 0 Å². The summed E-state index contributed by atoms with van der Waals surface area (Å²) >= 11 is 0. The van der Waals surface area contributed by atoms with Gasteiger partial charge in [-0.15, -0.1) is 0 Å². The Labute approximate surface area is 124 Å². The highest BCUT2D eigenvalue weighted by atomic mass is 16.2. The number of benzene rings is 2. The summed E-state index contributed by atoms with van der Waals surface area (Å²) in [6, 6.07) is 14.3. The van der Waals surface area contributed by atoms with E-state index in [0.29, 0.717) is 16.8 Å². The van der Waals surface area contributed by atoms with Gasteiger partial charge in [0.2, 0.25) is 0 Å². The quantitative estimate of drug-likeness (QED) is 0.941. The molecule has 4 nitrogen and oxygen atoms in total. The van der Waals surface area contributed by atoms with Gasteiger partial charge >= 0.3 is 0 Å². The molecule has 4 heteroatoms. The Kier molecular flexibility index (Phi) is 4.38. The van der Waals surface area contributed by atoms with Crippen molar-refractivity contribution in [3.63, 3.8) is 0 Å². The summed E-state index contributed by atoms with van der Waals surface area (Å²) in [7, 11) is 3.39. The molecule has 0 aromatic heterocycles. The normalized spacial score (nSPS) is 10.0. The van der Waals surface area contributed by atoms with E-state index in [2.05, 4.69) is 5.32 Å². The maximum absolute atomic E-state index is 12.2. The molecule has 21 heavy (non-hydrogen) atoms. The van der Waals surface area contributed by atoms with E-state index in [1.807, 2.05) is 25.1 Å².